The Morgan fingerprint density at radius 2 is 2.00 bits per heavy atom. The van der Waals surface area contributed by atoms with Crippen molar-refractivity contribution in [2.45, 2.75) is 44.2 Å². The summed E-state index contributed by atoms with van der Waals surface area (Å²) in [4.78, 5) is 14.8. The molecule has 2 aliphatic rings. The molecule has 1 aromatic rings. The van der Waals surface area contributed by atoms with Crippen LogP contribution < -0.4 is 0 Å². The number of benzene rings is 1. The summed E-state index contributed by atoms with van der Waals surface area (Å²) in [6.07, 6.45) is 3.31. The normalized spacial score (nSPS) is 30.5. The third-order valence-corrected chi connectivity index (χ3v) is 5.35. The molecule has 116 valence electrons. The van der Waals surface area contributed by atoms with E-state index in [1.807, 2.05) is 6.92 Å². The van der Waals surface area contributed by atoms with Crippen molar-refractivity contribution < 1.29 is 9.53 Å². The van der Waals surface area contributed by atoms with E-state index in [0.29, 0.717) is 12.1 Å². The lowest BCUT2D eigenvalue weighted by atomic mass is 9.76. The number of nitrogens with zero attached hydrogens (tertiary/aromatic N) is 1. The second-order valence-electron chi connectivity index (χ2n) is 6.35. The van der Waals surface area contributed by atoms with Crippen LogP contribution in [0, 0.1) is 17.8 Å². The first kappa shape index (κ1) is 15.1. The largest absolute Gasteiger partial charge is 0.469 e. The number of methoxy groups -OCH3 is 1. The van der Waals surface area contributed by atoms with Crippen LogP contribution in [0.1, 0.15) is 43.2 Å². The molecular weight excluding hydrogens is 274 g/mol. The summed E-state index contributed by atoms with van der Waals surface area (Å²) in [6, 6.07) is 9.27. The van der Waals surface area contributed by atoms with Gasteiger partial charge in [-0.3, -0.25) is 9.69 Å². The smallest absolute Gasteiger partial charge is 0.310 e. The van der Waals surface area contributed by atoms with Gasteiger partial charge in [-0.2, -0.15) is 0 Å². The highest BCUT2D eigenvalue weighted by atomic mass is 16.5. The van der Waals surface area contributed by atoms with E-state index in [0.717, 1.165) is 18.4 Å². The van der Waals surface area contributed by atoms with Gasteiger partial charge in [0.05, 0.1) is 13.0 Å². The molecule has 2 aliphatic heterocycles. The zero-order chi connectivity index (χ0) is 15.7. The van der Waals surface area contributed by atoms with E-state index in [-0.39, 0.29) is 17.8 Å². The number of piperidine rings is 1. The number of carbonyl (C=O) groups excluding carboxylic acids is 1. The third-order valence-electron chi connectivity index (χ3n) is 5.35. The third kappa shape index (κ3) is 2.53. The number of carbonyl (C=O) groups is 1. The molecule has 0 radical (unpaired) electrons. The van der Waals surface area contributed by atoms with Crippen molar-refractivity contribution in [1.29, 1.82) is 0 Å². The Hall–Kier alpha value is -1.79. The Morgan fingerprint density at radius 1 is 1.27 bits per heavy atom. The molecule has 0 N–H and O–H groups in total. The van der Waals surface area contributed by atoms with Gasteiger partial charge >= 0.3 is 5.97 Å². The topological polar surface area (TPSA) is 29.5 Å². The quantitative estimate of drug-likeness (QED) is 0.621. The molecule has 0 unspecified atom stereocenters. The first-order valence-electron chi connectivity index (χ1n) is 7.98. The van der Waals surface area contributed by atoms with Crippen molar-refractivity contribution in [3.05, 3.63) is 35.4 Å². The molecule has 4 atom stereocenters. The summed E-state index contributed by atoms with van der Waals surface area (Å²) in [6.45, 7) is 1.84. The van der Waals surface area contributed by atoms with Crippen LogP contribution in [0.25, 0.3) is 0 Å². The Kier molecular flexibility index (Phi) is 4.22. The van der Waals surface area contributed by atoms with Crippen LogP contribution in [-0.2, 0) is 9.53 Å². The van der Waals surface area contributed by atoms with Crippen LogP contribution in [0.15, 0.2) is 24.3 Å². The zero-order valence-corrected chi connectivity index (χ0v) is 13.5. The highest BCUT2D eigenvalue weighted by Crippen LogP contribution is 2.46. The number of fused-ring (bicyclic) bond motifs is 2. The predicted molar refractivity (Wildman–Crippen MR) is 86.4 cm³/mol. The van der Waals surface area contributed by atoms with Crippen LogP contribution in [0.2, 0.25) is 0 Å². The van der Waals surface area contributed by atoms with Crippen molar-refractivity contribution in [2.75, 3.05) is 14.2 Å². The molecule has 0 amide bonds. The van der Waals surface area contributed by atoms with E-state index in [4.69, 9.17) is 4.74 Å². The lowest BCUT2D eigenvalue weighted by Gasteiger charge is -2.41. The van der Waals surface area contributed by atoms with Crippen LogP contribution in [0.4, 0.5) is 0 Å². The molecule has 0 saturated carbocycles. The molecule has 2 bridgehead atoms. The molecule has 2 saturated heterocycles. The molecule has 0 aromatic heterocycles. The molecule has 2 fully saturated rings. The van der Waals surface area contributed by atoms with Gasteiger partial charge in [0.25, 0.3) is 0 Å². The highest BCUT2D eigenvalue weighted by molar-refractivity contribution is 5.75. The molecule has 1 aromatic carbocycles. The maximum atomic E-state index is 12.4. The molecule has 22 heavy (non-hydrogen) atoms. The van der Waals surface area contributed by atoms with Crippen LogP contribution in [0.3, 0.4) is 0 Å². The predicted octanol–water partition coefficient (Wildman–Crippen LogP) is 2.80. The average molecular weight is 297 g/mol. The van der Waals surface area contributed by atoms with Crippen molar-refractivity contribution in [3.8, 4) is 11.8 Å². The minimum absolute atomic E-state index is 0.0585. The van der Waals surface area contributed by atoms with Gasteiger partial charge in [-0.15, -0.1) is 5.92 Å². The van der Waals surface area contributed by atoms with Gasteiger partial charge in [-0.05, 0) is 50.9 Å². The zero-order valence-electron chi connectivity index (χ0n) is 13.5. The first-order valence-corrected chi connectivity index (χ1v) is 7.98. The van der Waals surface area contributed by atoms with Gasteiger partial charge in [-0.1, -0.05) is 18.1 Å². The number of esters is 1. The first-order chi connectivity index (χ1) is 10.7. The molecule has 3 heteroatoms. The fourth-order valence-electron chi connectivity index (χ4n) is 4.22. The SMILES string of the molecule is CC#Cc1ccc([C@H]2C[C@@H]3CC[C@H]([C@H]2C(=O)OC)N3C)cc1. The lowest BCUT2D eigenvalue weighted by Crippen LogP contribution is -2.49. The van der Waals surface area contributed by atoms with Gasteiger partial charge < -0.3 is 4.74 Å². The molecule has 2 heterocycles. The van der Waals surface area contributed by atoms with E-state index in [9.17, 15) is 4.79 Å². The second-order valence-corrected chi connectivity index (χ2v) is 6.35. The molecule has 3 nitrogen and oxygen atoms in total. The van der Waals surface area contributed by atoms with E-state index in [1.54, 1.807) is 0 Å². The van der Waals surface area contributed by atoms with Crippen molar-refractivity contribution >= 4 is 5.97 Å². The molecule has 0 aliphatic carbocycles. The van der Waals surface area contributed by atoms with E-state index < -0.39 is 0 Å². The van der Waals surface area contributed by atoms with Crippen molar-refractivity contribution in [1.82, 2.24) is 4.90 Å². The Labute approximate surface area is 132 Å². The molecule has 3 rings (SSSR count). The summed E-state index contributed by atoms with van der Waals surface area (Å²) < 4.78 is 5.11. The Morgan fingerprint density at radius 3 is 2.64 bits per heavy atom. The highest BCUT2D eigenvalue weighted by Gasteiger charge is 2.49. The fraction of sp³-hybridized carbons (Fsp3) is 0.526. The maximum absolute atomic E-state index is 12.4. The van der Waals surface area contributed by atoms with Crippen LogP contribution >= 0.6 is 0 Å². The average Bonchev–Trinajstić information content (AvgIpc) is 2.77. The standard InChI is InChI=1S/C19H23NO2/c1-4-5-13-6-8-14(9-7-13)16-12-15-10-11-17(20(15)2)18(16)19(21)22-3/h6-9,15-18H,10-12H2,1-3H3/t15-,16+,17+,18-/m0/s1. The van der Waals surface area contributed by atoms with E-state index in [2.05, 4.69) is 48.1 Å². The van der Waals surface area contributed by atoms with Gasteiger partial charge in [0.2, 0.25) is 0 Å². The summed E-state index contributed by atoms with van der Waals surface area (Å²) in [5.74, 6) is 6.11. The minimum Gasteiger partial charge on any atom is -0.469 e. The lowest BCUT2D eigenvalue weighted by molar-refractivity contribution is -0.150. The second kappa shape index (κ2) is 6.14. The van der Waals surface area contributed by atoms with E-state index >= 15 is 0 Å². The van der Waals surface area contributed by atoms with Crippen molar-refractivity contribution in [3.63, 3.8) is 0 Å². The van der Waals surface area contributed by atoms with Crippen molar-refractivity contribution in [2.24, 2.45) is 5.92 Å². The van der Waals surface area contributed by atoms with Gasteiger partial charge in [-0.25, -0.2) is 0 Å². The fourth-order valence-corrected chi connectivity index (χ4v) is 4.22. The summed E-state index contributed by atoms with van der Waals surface area (Å²) >= 11 is 0. The molecule has 0 spiro atoms. The summed E-state index contributed by atoms with van der Waals surface area (Å²) in [5.41, 5.74) is 2.26. The van der Waals surface area contributed by atoms with Crippen LogP contribution in [-0.4, -0.2) is 37.1 Å². The summed E-state index contributed by atoms with van der Waals surface area (Å²) in [5, 5.41) is 0. The number of rotatable bonds is 2. The Balaban J connectivity index is 1.92. The van der Waals surface area contributed by atoms with Crippen LogP contribution in [0.5, 0.6) is 0 Å². The minimum atomic E-state index is -0.0698. The monoisotopic (exact) mass is 297 g/mol. The van der Waals surface area contributed by atoms with Gasteiger partial charge in [0, 0.05) is 23.6 Å². The number of ether oxygens (including phenoxy) is 1. The number of hydrogen-bond donors (Lipinski definition) is 0. The maximum Gasteiger partial charge on any atom is 0.310 e. The van der Waals surface area contributed by atoms with Gasteiger partial charge in [0.1, 0.15) is 0 Å². The molecular formula is C19H23NO2. The van der Waals surface area contributed by atoms with E-state index in [1.165, 1.54) is 19.1 Å². The summed E-state index contributed by atoms with van der Waals surface area (Å²) in [7, 11) is 3.65. The van der Waals surface area contributed by atoms with Gasteiger partial charge in [0.15, 0.2) is 0 Å². The Bertz CT molecular complexity index is 611. The number of hydrogen-bond acceptors (Lipinski definition) is 3.